The summed E-state index contributed by atoms with van der Waals surface area (Å²) in [4.78, 5) is 0.248. The Hall–Kier alpha value is -0.950. The molecule has 0 radical (unpaired) electrons. The third-order valence-corrected chi connectivity index (χ3v) is 3.96. The van der Waals surface area contributed by atoms with Crippen molar-refractivity contribution in [1.29, 1.82) is 0 Å². The Morgan fingerprint density at radius 2 is 1.84 bits per heavy atom. The molecule has 3 N–H and O–H groups in total. The minimum atomic E-state index is -3.49. The van der Waals surface area contributed by atoms with Gasteiger partial charge in [-0.3, -0.25) is 0 Å². The van der Waals surface area contributed by atoms with Crippen molar-refractivity contribution in [2.45, 2.75) is 30.7 Å². The van der Waals surface area contributed by atoms with Gasteiger partial charge in [0.25, 0.3) is 0 Å². The maximum absolute atomic E-state index is 12.0. The highest BCUT2D eigenvalue weighted by atomic mass is 32.2. The summed E-state index contributed by atoms with van der Waals surface area (Å²) in [5.74, 6) is 0. The highest BCUT2D eigenvalue weighted by Crippen LogP contribution is 2.11. The second-order valence-corrected chi connectivity index (χ2v) is 6.97. The molecule has 0 aliphatic carbocycles. The molecule has 0 unspecified atom stereocenters. The number of benzene rings is 1. The first kappa shape index (κ1) is 16.1. The maximum Gasteiger partial charge on any atom is 0.240 e. The lowest BCUT2D eigenvalue weighted by molar-refractivity contribution is 0.202. The number of hydrogen-bond donors (Lipinski definition) is 2. The minimum absolute atomic E-state index is 0.195. The van der Waals surface area contributed by atoms with E-state index in [1.165, 1.54) is 0 Å². The van der Waals surface area contributed by atoms with Crippen molar-refractivity contribution in [3.63, 3.8) is 0 Å². The predicted octanol–water partition coefficient (Wildman–Crippen LogP) is 0.891. The molecule has 19 heavy (non-hydrogen) atoms. The lowest BCUT2D eigenvalue weighted by atomic mass is 10.1. The molecule has 108 valence electrons. The Balaban J connectivity index is 2.73. The van der Waals surface area contributed by atoms with Gasteiger partial charge in [-0.15, -0.1) is 0 Å². The van der Waals surface area contributed by atoms with Crippen LogP contribution in [-0.2, 0) is 21.2 Å². The van der Waals surface area contributed by atoms with Gasteiger partial charge in [-0.25, -0.2) is 13.1 Å². The number of methoxy groups -OCH3 is 1. The zero-order valence-electron chi connectivity index (χ0n) is 11.6. The summed E-state index contributed by atoms with van der Waals surface area (Å²) in [5, 5.41) is 0. The molecule has 0 heterocycles. The van der Waals surface area contributed by atoms with Crippen molar-refractivity contribution >= 4 is 10.0 Å². The van der Waals surface area contributed by atoms with E-state index in [2.05, 4.69) is 4.72 Å². The van der Waals surface area contributed by atoms with E-state index in [0.29, 0.717) is 6.61 Å². The molecule has 1 aromatic carbocycles. The Morgan fingerprint density at radius 3 is 2.32 bits per heavy atom. The van der Waals surface area contributed by atoms with Crippen molar-refractivity contribution in [2.75, 3.05) is 20.3 Å². The smallest absolute Gasteiger partial charge is 0.240 e. The number of hydrogen-bond acceptors (Lipinski definition) is 4. The lowest BCUT2D eigenvalue weighted by Gasteiger charge is -2.19. The molecule has 0 saturated heterocycles. The third kappa shape index (κ3) is 5.69. The van der Waals surface area contributed by atoms with Crippen molar-refractivity contribution in [1.82, 2.24) is 4.72 Å². The van der Waals surface area contributed by atoms with E-state index < -0.39 is 15.6 Å². The van der Waals surface area contributed by atoms with Crippen LogP contribution in [0.15, 0.2) is 29.2 Å². The molecular formula is C13H22N2O3S. The second-order valence-electron chi connectivity index (χ2n) is 5.20. The first-order valence-corrected chi connectivity index (χ1v) is 7.59. The molecule has 0 amide bonds. The van der Waals surface area contributed by atoms with Crippen LogP contribution >= 0.6 is 0 Å². The van der Waals surface area contributed by atoms with E-state index in [1.807, 2.05) is 0 Å². The van der Waals surface area contributed by atoms with Crippen LogP contribution in [-0.4, -0.2) is 34.2 Å². The Bertz CT molecular complexity index is 490. The van der Waals surface area contributed by atoms with Gasteiger partial charge in [0.2, 0.25) is 10.0 Å². The van der Waals surface area contributed by atoms with Crippen LogP contribution in [0.3, 0.4) is 0 Å². The molecule has 6 heteroatoms. The van der Waals surface area contributed by atoms with E-state index in [-0.39, 0.29) is 11.4 Å². The number of ether oxygens (including phenoxy) is 1. The first-order valence-electron chi connectivity index (χ1n) is 6.11. The molecule has 0 saturated carbocycles. The van der Waals surface area contributed by atoms with Gasteiger partial charge in [0.1, 0.15) is 0 Å². The third-order valence-electron chi connectivity index (χ3n) is 2.55. The second kappa shape index (κ2) is 6.47. The average Bonchev–Trinajstić information content (AvgIpc) is 2.34. The average molecular weight is 286 g/mol. The van der Waals surface area contributed by atoms with Crippen molar-refractivity contribution < 1.29 is 13.2 Å². The molecule has 1 rings (SSSR count). The van der Waals surface area contributed by atoms with E-state index >= 15 is 0 Å². The van der Waals surface area contributed by atoms with E-state index in [4.69, 9.17) is 10.5 Å². The topological polar surface area (TPSA) is 81.4 Å². The molecule has 0 aromatic heterocycles. The maximum atomic E-state index is 12.0. The molecule has 1 aromatic rings. The molecular weight excluding hydrogens is 264 g/mol. The molecule has 0 bridgehead atoms. The highest BCUT2D eigenvalue weighted by Gasteiger charge is 2.18. The highest BCUT2D eigenvalue weighted by molar-refractivity contribution is 7.89. The van der Waals surface area contributed by atoms with Gasteiger partial charge in [0.15, 0.2) is 0 Å². The summed E-state index contributed by atoms with van der Waals surface area (Å²) in [6.45, 7) is 4.35. The molecule has 0 spiro atoms. The van der Waals surface area contributed by atoms with Crippen molar-refractivity contribution in [2.24, 2.45) is 5.73 Å². The fourth-order valence-corrected chi connectivity index (χ4v) is 2.64. The first-order chi connectivity index (χ1) is 8.74. The lowest BCUT2D eigenvalue weighted by Crippen LogP contribution is -2.45. The molecule has 5 nitrogen and oxygen atoms in total. The number of rotatable bonds is 7. The monoisotopic (exact) mass is 286 g/mol. The van der Waals surface area contributed by atoms with Crippen LogP contribution in [0, 0.1) is 0 Å². The van der Waals surface area contributed by atoms with Crippen LogP contribution in [0.2, 0.25) is 0 Å². The van der Waals surface area contributed by atoms with Crippen molar-refractivity contribution in [3.05, 3.63) is 29.8 Å². The predicted molar refractivity (Wildman–Crippen MR) is 75.5 cm³/mol. The molecule has 0 aliphatic heterocycles. The normalized spacial score (nSPS) is 12.6. The van der Waals surface area contributed by atoms with Gasteiger partial charge >= 0.3 is 0 Å². The number of nitrogens with one attached hydrogen (secondary N) is 1. The molecule has 0 atom stereocenters. The van der Waals surface area contributed by atoms with Crippen molar-refractivity contribution in [3.8, 4) is 0 Å². The SMILES string of the molecule is COCCc1ccc(S(=O)(=O)NCC(C)(C)N)cc1. The largest absolute Gasteiger partial charge is 0.384 e. The van der Waals surface area contributed by atoms with Crippen LogP contribution in [0.25, 0.3) is 0 Å². The summed E-state index contributed by atoms with van der Waals surface area (Å²) in [6.07, 6.45) is 0.764. The van der Waals surface area contributed by atoms with Gasteiger partial charge in [-0.2, -0.15) is 0 Å². The summed E-state index contributed by atoms with van der Waals surface area (Å²) < 4.78 is 31.5. The zero-order valence-corrected chi connectivity index (χ0v) is 12.5. The minimum Gasteiger partial charge on any atom is -0.384 e. The van der Waals surface area contributed by atoms with Gasteiger partial charge in [0.05, 0.1) is 11.5 Å². The van der Waals surface area contributed by atoms with Gasteiger partial charge in [-0.05, 0) is 38.0 Å². The zero-order chi connectivity index (χ0) is 14.5. The van der Waals surface area contributed by atoms with Gasteiger partial charge < -0.3 is 10.5 Å². The fraction of sp³-hybridized carbons (Fsp3) is 0.538. The van der Waals surface area contributed by atoms with Crippen LogP contribution in [0.1, 0.15) is 19.4 Å². The Labute approximate surface area is 115 Å². The summed E-state index contributed by atoms with van der Waals surface area (Å²) >= 11 is 0. The van der Waals surface area contributed by atoms with Gasteiger partial charge in [-0.1, -0.05) is 12.1 Å². The quantitative estimate of drug-likeness (QED) is 0.780. The summed E-state index contributed by atoms with van der Waals surface area (Å²) in [7, 11) is -1.86. The van der Waals surface area contributed by atoms with Gasteiger partial charge in [0, 0.05) is 19.2 Å². The Morgan fingerprint density at radius 1 is 1.26 bits per heavy atom. The summed E-state index contributed by atoms with van der Waals surface area (Å²) in [5.41, 5.74) is 6.22. The van der Waals surface area contributed by atoms with Crippen LogP contribution < -0.4 is 10.5 Å². The number of nitrogens with two attached hydrogens (primary N) is 1. The van der Waals surface area contributed by atoms with E-state index in [9.17, 15) is 8.42 Å². The standard InChI is InChI=1S/C13H22N2O3S/c1-13(2,14)10-15-19(16,17)12-6-4-11(5-7-12)8-9-18-3/h4-7,15H,8-10,14H2,1-3H3. The van der Waals surface area contributed by atoms with Crippen LogP contribution in [0.4, 0.5) is 0 Å². The Kier molecular flexibility index (Phi) is 5.49. The molecule has 0 aliphatic rings. The summed E-state index contributed by atoms with van der Waals surface area (Å²) in [6, 6.07) is 6.77. The van der Waals surface area contributed by atoms with Crippen LogP contribution in [0.5, 0.6) is 0 Å². The van der Waals surface area contributed by atoms with E-state index in [1.54, 1.807) is 45.2 Å². The number of sulfonamides is 1. The fourth-order valence-electron chi connectivity index (χ4n) is 1.42. The van der Waals surface area contributed by atoms with E-state index in [0.717, 1.165) is 12.0 Å². The molecule has 0 fully saturated rings.